The van der Waals surface area contributed by atoms with Crippen molar-refractivity contribution in [3.63, 3.8) is 0 Å². The Morgan fingerprint density at radius 2 is 2.25 bits per heavy atom. The van der Waals surface area contributed by atoms with Gasteiger partial charge >= 0.3 is 5.97 Å². The molecule has 1 aromatic rings. The number of carboxylic acid groups (broad SMARTS) is 1. The van der Waals surface area contributed by atoms with Gasteiger partial charge < -0.3 is 5.11 Å². The zero-order valence-electron chi connectivity index (χ0n) is 10.2. The molecule has 7 heteroatoms. The summed E-state index contributed by atoms with van der Waals surface area (Å²) in [4.78, 5) is 24.6. The van der Waals surface area contributed by atoms with Gasteiger partial charge in [-0.3, -0.25) is 14.5 Å². The van der Waals surface area contributed by atoms with Crippen LogP contribution in [0.25, 0.3) is 6.08 Å². The van der Waals surface area contributed by atoms with Crippen LogP contribution < -0.4 is 0 Å². The molecule has 1 fully saturated rings. The predicted molar refractivity (Wildman–Crippen MR) is 86.3 cm³/mol. The molecule has 1 aromatic carbocycles. The maximum atomic E-state index is 12.2. The largest absolute Gasteiger partial charge is 0.481 e. The van der Waals surface area contributed by atoms with E-state index in [9.17, 15) is 9.59 Å². The van der Waals surface area contributed by atoms with E-state index in [2.05, 4.69) is 15.9 Å². The number of halogens is 1. The lowest BCUT2D eigenvalue weighted by Gasteiger charge is -2.12. The molecule has 0 spiro atoms. The average molecular weight is 372 g/mol. The maximum Gasteiger partial charge on any atom is 0.305 e. The number of carbonyl (C=O) groups excluding carboxylic acids is 1. The second-order valence-corrected chi connectivity index (χ2v) is 6.62. The summed E-state index contributed by atoms with van der Waals surface area (Å²) in [6.07, 6.45) is 1.64. The van der Waals surface area contributed by atoms with Gasteiger partial charge in [-0.2, -0.15) is 0 Å². The van der Waals surface area contributed by atoms with E-state index in [1.54, 1.807) is 6.08 Å². The van der Waals surface area contributed by atoms with Crippen molar-refractivity contribution in [2.24, 2.45) is 0 Å². The van der Waals surface area contributed by atoms with Crippen LogP contribution in [0.5, 0.6) is 0 Å². The maximum absolute atomic E-state index is 12.2. The molecule has 0 aliphatic carbocycles. The Hall–Kier alpha value is -1.18. The van der Waals surface area contributed by atoms with Crippen molar-refractivity contribution in [1.82, 2.24) is 4.90 Å². The summed E-state index contributed by atoms with van der Waals surface area (Å²) in [6.45, 7) is 0.107. The quantitative estimate of drug-likeness (QED) is 0.650. The minimum atomic E-state index is -0.949. The van der Waals surface area contributed by atoms with Crippen molar-refractivity contribution in [2.45, 2.75) is 6.42 Å². The third kappa shape index (κ3) is 3.68. The molecular weight excluding hydrogens is 362 g/mol. The first-order chi connectivity index (χ1) is 9.47. The minimum absolute atomic E-state index is 0.107. The monoisotopic (exact) mass is 371 g/mol. The van der Waals surface area contributed by atoms with Crippen LogP contribution in [0.3, 0.4) is 0 Å². The van der Waals surface area contributed by atoms with Crippen LogP contribution in [0.15, 0.2) is 33.6 Å². The van der Waals surface area contributed by atoms with Crippen LogP contribution in [0, 0.1) is 0 Å². The fourth-order valence-corrected chi connectivity index (χ4v) is 3.37. The lowest BCUT2D eigenvalue weighted by atomic mass is 10.2. The van der Waals surface area contributed by atoms with Gasteiger partial charge in [-0.15, -0.1) is 0 Å². The highest BCUT2D eigenvalue weighted by Crippen LogP contribution is 2.32. The number of carbonyl (C=O) groups is 2. The summed E-state index contributed by atoms with van der Waals surface area (Å²) in [5.74, 6) is -1.18. The molecule has 0 bridgehead atoms. The van der Waals surface area contributed by atoms with Gasteiger partial charge in [0.15, 0.2) is 0 Å². The van der Waals surface area contributed by atoms with E-state index in [0.717, 1.165) is 10.0 Å². The normalized spacial score (nSPS) is 17.1. The molecule has 0 aromatic heterocycles. The Morgan fingerprint density at radius 3 is 2.90 bits per heavy atom. The summed E-state index contributed by atoms with van der Waals surface area (Å²) in [7, 11) is 0. The number of rotatable bonds is 4. The summed E-state index contributed by atoms with van der Waals surface area (Å²) in [5.41, 5.74) is 0.887. The second-order valence-electron chi connectivity index (χ2n) is 4.03. The second kappa shape index (κ2) is 6.51. The van der Waals surface area contributed by atoms with Gasteiger partial charge in [0.1, 0.15) is 4.32 Å². The van der Waals surface area contributed by atoms with Gasteiger partial charge in [-0.1, -0.05) is 52.0 Å². The molecule has 1 heterocycles. The average Bonchev–Trinajstić information content (AvgIpc) is 2.62. The van der Waals surface area contributed by atoms with E-state index in [1.807, 2.05) is 24.3 Å². The van der Waals surface area contributed by atoms with Gasteiger partial charge in [0, 0.05) is 11.0 Å². The minimum Gasteiger partial charge on any atom is -0.481 e. The fraction of sp³-hybridized carbons (Fsp3) is 0.154. The molecule has 0 unspecified atom stereocenters. The Bertz CT molecular complexity index is 615. The summed E-state index contributed by atoms with van der Waals surface area (Å²) in [6, 6.07) is 7.55. The third-order valence-corrected chi connectivity index (χ3v) is 4.44. The predicted octanol–water partition coefficient (Wildman–Crippen LogP) is 3.13. The number of hydrogen-bond donors (Lipinski definition) is 1. The van der Waals surface area contributed by atoms with Gasteiger partial charge in [0.25, 0.3) is 5.91 Å². The highest BCUT2D eigenvalue weighted by atomic mass is 79.9. The highest BCUT2D eigenvalue weighted by molar-refractivity contribution is 9.10. The molecule has 0 atom stereocenters. The van der Waals surface area contributed by atoms with Crippen LogP contribution in [0.2, 0.25) is 0 Å². The lowest BCUT2D eigenvalue weighted by molar-refractivity contribution is -0.137. The Balaban J connectivity index is 2.17. The number of carboxylic acids is 1. The van der Waals surface area contributed by atoms with Crippen molar-refractivity contribution < 1.29 is 14.7 Å². The summed E-state index contributed by atoms with van der Waals surface area (Å²) in [5, 5.41) is 8.67. The topological polar surface area (TPSA) is 57.6 Å². The third-order valence-electron chi connectivity index (χ3n) is 2.57. The van der Waals surface area contributed by atoms with Gasteiger partial charge in [0.05, 0.1) is 11.3 Å². The zero-order chi connectivity index (χ0) is 14.7. The van der Waals surface area contributed by atoms with Gasteiger partial charge in [-0.05, 0) is 23.8 Å². The number of amides is 1. The van der Waals surface area contributed by atoms with E-state index in [0.29, 0.717) is 9.23 Å². The van der Waals surface area contributed by atoms with Crippen molar-refractivity contribution in [3.8, 4) is 0 Å². The first kappa shape index (κ1) is 15.2. The summed E-state index contributed by atoms with van der Waals surface area (Å²) < 4.78 is 1.32. The SMILES string of the molecule is O=C(O)CCN1C(=O)/C(=C\c2cccc(Br)c2)SC1=S. The van der Waals surface area contributed by atoms with Crippen LogP contribution in [0.1, 0.15) is 12.0 Å². The highest BCUT2D eigenvalue weighted by Gasteiger charge is 2.31. The Labute approximate surface area is 134 Å². The molecule has 2 rings (SSSR count). The zero-order valence-corrected chi connectivity index (χ0v) is 13.4. The first-order valence-corrected chi connectivity index (χ1v) is 7.72. The van der Waals surface area contributed by atoms with E-state index >= 15 is 0 Å². The number of thioether (sulfide) groups is 1. The molecule has 4 nitrogen and oxygen atoms in total. The smallest absolute Gasteiger partial charge is 0.305 e. The molecule has 104 valence electrons. The summed E-state index contributed by atoms with van der Waals surface area (Å²) >= 11 is 9.68. The molecule has 1 N–H and O–H groups in total. The van der Waals surface area contributed by atoms with Crippen molar-refractivity contribution in [3.05, 3.63) is 39.2 Å². The molecule has 20 heavy (non-hydrogen) atoms. The van der Waals surface area contributed by atoms with Gasteiger partial charge in [-0.25, -0.2) is 0 Å². The van der Waals surface area contributed by atoms with Gasteiger partial charge in [0.2, 0.25) is 0 Å². The molecule has 1 amide bonds. The van der Waals surface area contributed by atoms with Crippen LogP contribution in [-0.4, -0.2) is 32.7 Å². The number of benzene rings is 1. The van der Waals surface area contributed by atoms with Crippen molar-refractivity contribution in [2.75, 3.05) is 6.54 Å². The van der Waals surface area contributed by atoms with Crippen molar-refractivity contribution >= 4 is 62.2 Å². The Kier molecular flexibility index (Phi) is 4.95. The molecule has 1 saturated heterocycles. The van der Waals surface area contributed by atoms with E-state index in [-0.39, 0.29) is 18.9 Å². The number of hydrogen-bond acceptors (Lipinski definition) is 4. The molecule has 0 saturated carbocycles. The van der Waals surface area contributed by atoms with Crippen LogP contribution >= 0.6 is 39.9 Å². The molecule has 0 radical (unpaired) electrons. The number of aliphatic carboxylic acids is 1. The molecule has 1 aliphatic heterocycles. The Morgan fingerprint density at radius 1 is 1.50 bits per heavy atom. The standard InChI is InChI=1S/C13H10BrNO3S2/c14-9-3-1-2-8(6-9)7-10-12(18)15(13(19)20-10)5-4-11(16)17/h1-3,6-7H,4-5H2,(H,16,17)/b10-7+. The molecular formula is C13H10BrNO3S2. The van der Waals surface area contributed by atoms with E-state index in [4.69, 9.17) is 17.3 Å². The van der Waals surface area contributed by atoms with Crippen molar-refractivity contribution in [1.29, 1.82) is 0 Å². The number of nitrogens with zero attached hydrogens (tertiary/aromatic N) is 1. The first-order valence-electron chi connectivity index (χ1n) is 5.70. The van der Waals surface area contributed by atoms with Crippen LogP contribution in [-0.2, 0) is 9.59 Å². The van der Waals surface area contributed by atoms with E-state index < -0.39 is 5.97 Å². The van der Waals surface area contributed by atoms with E-state index in [1.165, 1.54) is 16.7 Å². The lowest BCUT2D eigenvalue weighted by Crippen LogP contribution is -2.30. The number of thiocarbonyl (C=S) groups is 1. The fourth-order valence-electron chi connectivity index (χ4n) is 1.65. The molecule has 1 aliphatic rings. The van der Waals surface area contributed by atoms with Crippen LogP contribution in [0.4, 0.5) is 0 Å².